The molecule has 0 aliphatic rings. The van der Waals surface area contributed by atoms with Gasteiger partial charge in [0.15, 0.2) is 0 Å². The quantitative estimate of drug-likeness (QED) is 0.803. The normalized spacial score (nSPS) is 10.6. The van der Waals surface area contributed by atoms with Crippen molar-refractivity contribution in [1.29, 1.82) is 0 Å². The number of rotatable bonds is 6. The summed E-state index contributed by atoms with van der Waals surface area (Å²) >= 11 is 5.97. The van der Waals surface area contributed by atoms with Crippen molar-refractivity contribution in [3.05, 3.63) is 70.0 Å². The average Bonchev–Trinajstić information content (AvgIpc) is 2.47. The molecule has 0 spiro atoms. The van der Waals surface area contributed by atoms with E-state index in [0.29, 0.717) is 35.7 Å². The summed E-state index contributed by atoms with van der Waals surface area (Å²) in [6, 6.07) is 11.1. The Labute approximate surface area is 127 Å². The van der Waals surface area contributed by atoms with Gasteiger partial charge in [0.1, 0.15) is 5.82 Å². The van der Waals surface area contributed by atoms with E-state index in [4.69, 9.17) is 16.7 Å². The zero-order chi connectivity index (χ0) is 15.2. The maximum Gasteiger partial charge on any atom is 0.335 e. The van der Waals surface area contributed by atoms with Gasteiger partial charge in [0.2, 0.25) is 0 Å². The second kappa shape index (κ2) is 7.20. The van der Waals surface area contributed by atoms with Gasteiger partial charge in [-0.2, -0.15) is 0 Å². The molecule has 0 unspecified atom stereocenters. The summed E-state index contributed by atoms with van der Waals surface area (Å²) in [5.41, 5.74) is 1.76. The SMILES string of the molecule is O=C(O)c1ccccc1CCNCc1cc(F)ccc1Cl. The summed E-state index contributed by atoms with van der Waals surface area (Å²) in [7, 11) is 0. The van der Waals surface area contributed by atoms with Gasteiger partial charge in [0, 0.05) is 11.6 Å². The highest BCUT2D eigenvalue weighted by molar-refractivity contribution is 6.31. The highest BCUT2D eigenvalue weighted by Crippen LogP contribution is 2.16. The molecule has 2 rings (SSSR count). The maximum absolute atomic E-state index is 13.1. The van der Waals surface area contributed by atoms with E-state index in [2.05, 4.69) is 5.32 Å². The van der Waals surface area contributed by atoms with E-state index in [9.17, 15) is 9.18 Å². The van der Waals surface area contributed by atoms with Crippen molar-refractivity contribution in [3.8, 4) is 0 Å². The Bertz CT molecular complexity index is 646. The van der Waals surface area contributed by atoms with Gasteiger partial charge in [0.25, 0.3) is 0 Å². The highest BCUT2D eigenvalue weighted by Gasteiger charge is 2.08. The van der Waals surface area contributed by atoms with Crippen LogP contribution in [0, 0.1) is 5.82 Å². The first kappa shape index (κ1) is 15.5. The predicted octanol–water partition coefficient (Wildman–Crippen LogP) is 3.51. The van der Waals surface area contributed by atoms with Gasteiger partial charge in [-0.1, -0.05) is 29.8 Å². The minimum absolute atomic E-state index is 0.308. The van der Waals surface area contributed by atoms with Crippen molar-refractivity contribution < 1.29 is 14.3 Å². The molecular weight excluding hydrogens is 293 g/mol. The van der Waals surface area contributed by atoms with Gasteiger partial charge < -0.3 is 10.4 Å². The van der Waals surface area contributed by atoms with Crippen LogP contribution in [0.5, 0.6) is 0 Å². The Morgan fingerprint density at radius 2 is 1.95 bits per heavy atom. The van der Waals surface area contributed by atoms with Crippen LogP contribution in [0.25, 0.3) is 0 Å². The Hall–Kier alpha value is -1.91. The molecule has 0 atom stereocenters. The second-order valence-electron chi connectivity index (χ2n) is 4.62. The molecule has 0 heterocycles. The van der Waals surface area contributed by atoms with Gasteiger partial charge >= 0.3 is 5.97 Å². The van der Waals surface area contributed by atoms with E-state index in [1.807, 2.05) is 6.07 Å². The number of nitrogens with one attached hydrogen (secondary N) is 1. The van der Waals surface area contributed by atoms with E-state index < -0.39 is 5.97 Å². The first-order valence-corrected chi connectivity index (χ1v) is 6.91. The van der Waals surface area contributed by atoms with Gasteiger partial charge in [0.05, 0.1) is 5.56 Å². The number of hydrogen-bond donors (Lipinski definition) is 2. The zero-order valence-electron chi connectivity index (χ0n) is 11.3. The van der Waals surface area contributed by atoms with Crippen LogP contribution in [0.15, 0.2) is 42.5 Å². The molecule has 3 nitrogen and oxygen atoms in total. The summed E-state index contributed by atoms with van der Waals surface area (Å²) in [5.74, 6) is -1.26. The monoisotopic (exact) mass is 307 g/mol. The molecule has 0 radical (unpaired) electrons. The van der Waals surface area contributed by atoms with Gasteiger partial charge in [-0.15, -0.1) is 0 Å². The third kappa shape index (κ3) is 4.28. The second-order valence-corrected chi connectivity index (χ2v) is 5.03. The summed E-state index contributed by atoms with van der Waals surface area (Å²) in [5, 5.41) is 12.7. The summed E-state index contributed by atoms with van der Waals surface area (Å²) < 4.78 is 13.1. The van der Waals surface area contributed by atoms with E-state index in [0.717, 1.165) is 5.56 Å². The lowest BCUT2D eigenvalue weighted by Crippen LogP contribution is -2.18. The highest BCUT2D eigenvalue weighted by atomic mass is 35.5. The van der Waals surface area contributed by atoms with Crippen molar-refractivity contribution in [3.63, 3.8) is 0 Å². The molecule has 0 saturated carbocycles. The van der Waals surface area contributed by atoms with Crippen molar-refractivity contribution >= 4 is 17.6 Å². The number of carboxylic acid groups (broad SMARTS) is 1. The fourth-order valence-corrected chi connectivity index (χ4v) is 2.26. The van der Waals surface area contributed by atoms with E-state index in [1.54, 1.807) is 18.2 Å². The molecule has 0 aliphatic carbocycles. The largest absolute Gasteiger partial charge is 0.478 e. The van der Waals surface area contributed by atoms with Crippen LogP contribution in [0.1, 0.15) is 21.5 Å². The lowest BCUT2D eigenvalue weighted by atomic mass is 10.0. The van der Waals surface area contributed by atoms with Gasteiger partial charge in [-0.25, -0.2) is 9.18 Å². The molecule has 0 aliphatic heterocycles. The minimum Gasteiger partial charge on any atom is -0.478 e. The van der Waals surface area contributed by atoms with Crippen LogP contribution < -0.4 is 5.32 Å². The number of halogens is 2. The number of hydrogen-bond acceptors (Lipinski definition) is 2. The topological polar surface area (TPSA) is 49.3 Å². The molecule has 0 amide bonds. The smallest absolute Gasteiger partial charge is 0.335 e. The van der Waals surface area contributed by atoms with Crippen molar-refractivity contribution in [2.45, 2.75) is 13.0 Å². The molecule has 0 bridgehead atoms. The average molecular weight is 308 g/mol. The fraction of sp³-hybridized carbons (Fsp3) is 0.188. The molecule has 0 aromatic heterocycles. The summed E-state index contributed by atoms with van der Waals surface area (Å²) in [6.07, 6.45) is 0.579. The molecule has 21 heavy (non-hydrogen) atoms. The first-order valence-electron chi connectivity index (χ1n) is 6.54. The molecule has 0 fully saturated rings. The van der Waals surface area contributed by atoms with Gasteiger partial charge in [-0.05, 0) is 48.4 Å². The molecule has 5 heteroatoms. The first-order chi connectivity index (χ1) is 10.1. The maximum atomic E-state index is 13.1. The Kier molecular flexibility index (Phi) is 5.31. The predicted molar refractivity (Wildman–Crippen MR) is 80.2 cm³/mol. The van der Waals surface area contributed by atoms with Crippen molar-refractivity contribution in [2.24, 2.45) is 0 Å². The van der Waals surface area contributed by atoms with Crippen LogP contribution in [0.2, 0.25) is 5.02 Å². The minimum atomic E-state index is -0.932. The van der Waals surface area contributed by atoms with E-state index in [-0.39, 0.29) is 5.82 Å². The Morgan fingerprint density at radius 1 is 1.19 bits per heavy atom. The number of benzene rings is 2. The molecule has 0 saturated heterocycles. The van der Waals surface area contributed by atoms with Crippen molar-refractivity contribution in [2.75, 3.05) is 6.54 Å². The third-order valence-electron chi connectivity index (χ3n) is 3.14. The number of aromatic carboxylic acids is 1. The van der Waals surface area contributed by atoms with E-state index in [1.165, 1.54) is 18.2 Å². The van der Waals surface area contributed by atoms with Crippen LogP contribution in [0.3, 0.4) is 0 Å². The number of carbonyl (C=O) groups is 1. The fourth-order valence-electron chi connectivity index (χ4n) is 2.07. The standard InChI is InChI=1S/C16H15ClFNO2/c17-15-6-5-13(18)9-12(15)10-19-8-7-11-3-1-2-4-14(11)16(20)21/h1-6,9,19H,7-8,10H2,(H,20,21). The van der Waals surface area contributed by atoms with Crippen molar-refractivity contribution in [1.82, 2.24) is 5.32 Å². The third-order valence-corrected chi connectivity index (χ3v) is 3.51. The lowest BCUT2D eigenvalue weighted by Gasteiger charge is -2.08. The van der Waals surface area contributed by atoms with Crippen LogP contribution in [0.4, 0.5) is 4.39 Å². The van der Waals surface area contributed by atoms with Crippen LogP contribution in [-0.2, 0) is 13.0 Å². The summed E-state index contributed by atoms with van der Waals surface area (Å²) in [4.78, 5) is 11.1. The molecular formula is C16H15ClFNO2. The Balaban J connectivity index is 1.91. The lowest BCUT2D eigenvalue weighted by molar-refractivity contribution is 0.0695. The molecule has 2 aromatic carbocycles. The molecule has 2 N–H and O–H groups in total. The number of carboxylic acids is 1. The summed E-state index contributed by atoms with van der Waals surface area (Å²) in [6.45, 7) is 1.02. The molecule has 2 aromatic rings. The molecule has 110 valence electrons. The van der Waals surface area contributed by atoms with Crippen LogP contribution >= 0.6 is 11.6 Å². The zero-order valence-corrected chi connectivity index (χ0v) is 12.0. The van der Waals surface area contributed by atoms with Gasteiger partial charge in [-0.3, -0.25) is 0 Å². The van der Waals surface area contributed by atoms with E-state index >= 15 is 0 Å². The Morgan fingerprint density at radius 3 is 2.71 bits per heavy atom. The van der Waals surface area contributed by atoms with Crippen LogP contribution in [-0.4, -0.2) is 17.6 Å².